The monoisotopic (exact) mass is 498 g/mol. The molecule has 0 bridgehead atoms. The van der Waals surface area contributed by atoms with Crippen molar-refractivity contribution in [2.45, 2.75) is 83.3 Å². The Bertz CT molecular complexity index is 1230. The van der Waals surface area contributed by atoms with E-state index in [-0.39, 0.29) is 17.9 Å². The number of rotatable bonds is 8. The smallest absolute Gasteiger partial charge is 0.273 e. The first-order chi connectivity index (χ1) is 18.0. The Kier molecular flexibility index (Phi) is 7.45. The third-order valence-corrected chi connectivity index (χ3v) is 8.08. The van der Waals surface area contributed by atoms with Crippen LogP contribution in [0.1, 0.15) is 74.0 Å². The predicted molar refractivity (Wildman–Crippen MR) is 146 cm³/mol. The quantitative estimate of drug-likeness (QED) is 0.452. The summed E-state index contributed by atoms with van der Waals surface area (Å²) < 4.78 is 1.75. The standard InChI is InChI=1S/C31H38N4O2/c1-3-23-16-18-25(19-17-23)27-21-28-29(36)34(20-10-13-24-11-6-4-7-12-24)31(2,22-35(28)33-27)30(37)32-26-14-8-5-9-15-26/h4,6-7,11-12,16-19,21,26H,3,5,8-10,13-15,20,22H2,1-2H3,(H,32,37)/t31-/m0/s1. The Morgan fingerprint density at radius 2 is 1.76 bits per heavy atom. The molecule has 0 spiro atoms. The van der Waals surface area contributed by atoms with Crippen molar-refractivity contribution in [3.63, 3.8) is 0 Å². The fourth-order valence-electron chi connectivity index (χ4n) is 5.72. The van der Waals surface area contributed by atoms with Crippen LogP contribution in [-0.4, -0.2) is 44.6 Å². The fourth-order valence-corrected chi connectivity index (χ4v) is 5.72. The van der Waals surface area contributed by atoms with E-state index in [1.165, 1.54) is 17.5 Å². The summed E-state index contributed by atoms with van der Waals surface area (Å²) >= 11 is 0. The molecule has 0 saturated heterocycles. The lowest BCUT2D eigenvalue weighted by atomic mass is 9.91. The molecular weight excluding hydrogens is 460 g/mol. The molecular formula is C31H38N4O2. The van der Waals surface area contributed by atoms with Gasteiger partial charge in [-0.25, -0.2) is 0 Å². The van der Waals surface area contributed by atoms with Crippen molar-refractivity contribution in [2.24, 2.45) is 0 Å². The van der Waals surface area contributed by atoms with Gasteiger partial charge in [-0.05, 0) is 56.2 Å². The predicted octanol–water partition coefficient (Wildman–Crippen LogP) is 5.41. The Morgan fingerprint density at radius 1 is 1.03 bits per heavy atom. The van der Waals surface area contributed by atoms with Gasteiger partial charge in [0.2, 0.25) is 5.91 Å². The average molecular weight is 499 g/mol. The minimum Gasteiger partial charge on any atom is -0.351 e. The second-order valence-corrected chi connectivity index (χ2v) is 10.8. The van der Waals surface area contributed by atoms with E-state index >= 15 is 0 Å². The van der Waals surface area contributed by atoms with E-state index in [9.17, 15) is 9.59 Å². The Hall–Kier alpha value is -3.41. The Morgan fingerprint density at radius 3 is 2.46 bits per heavy atom. The van der Waals surface area contributed by atoms with Crippen LogP contribution >= 0.6 is 0 Å². The summed E-state index contributed by atoms with van der Waals surface area (Å²) in [4.78, 5) is 29.5. The molecule has 2 heterocycles. The van der Waals surface area contributed by atoms with Crippen LogP contribution in [0.15, 0.2) is 60.7 Å². The molecule has 2 aliphatic rings. The van der Waals surface area contributed by atoms with Crippen molar-refractivity contribution in [1.82, 2.24) is 20.0 Å². The van der Waals surface area contributed by atoms with Crippen LogP contribution in [0, 0.1) is 0 Å². The van der Waals surface area contributed by atoms with Crippen LogP contribution in [0.2, 0.25) is 0 Å². The topological polar surface area (TPSA) is 67.2 Å². The molecule has 0 radical (unpaired) electrons. The average Bonchev–Trinajstić information content (AvgIpc) is 3.35. The van der Waals surface area contributed by atoms with Crippen LogP contribution in [0.5, 0.6) is 0 Å². The lowest BCUT2D eigenvalue weighted by Crippen LogP contribution is -2.65. The zero-order chi connectivity index (χ0) is 25.8. The summed E-state index contributed by atoms with van der Waals surface area (Å²) in [6.07, 6.45) is 8.16. The van der Waals surface area contributed by atoms with Crippen LogP contribution in [0.4, 0.5) is 0 Å². The van der Waals surface area contributed by atoms with Gasteiger partial charge < -0.3 is 10.2 Å². The number of amides is 2. The Labute approximate surface area is 220 Å². The van der Waals surface area contributed by atoms with E-state index in [1.807, 2.05) is 31.2 Å². The van der Waals surface area contributed by atoms with Crippen molar-refractivity contribution in [1.29, 1.82) is 0 Å². The largest absolute Gasteiger partial charge is 0.351 e. The molecule has 1 aliphatic heterocycles. The molecule has 1 atom stereocenters. The van der Waals surface area contributed by atoms with Crippen molar-refractivity contribution < 1.29 is 9.59 Å². The highest BCUT2D eigenvalue weighted by molar-refractivity contribution is 6.00. The van der Waals surface area contributed by atoms with Gasteiger partial charge in [-0.1, -0.05) is 80.8 Å². The maximum Gasteiger partial charge on any atom is 0.273 e. The van der Waals surface area contributed by atoms with Gasteiger partial charge in [-0.2, -0.15) is 5.10 Å². The molecule has 194 valence electrons. The van der Waals surface area contributed by atoms with Crippen molar-refractivity contribution in [3.8, 4) is 11.3 Å². The van der Waals surface area contributed by atoms with Crippen LogP contribution < -0.4 is 5.32 Å². The number of carbonyl (C=O) groups excluding carboxylic acids is 2. The first-order valence-corrected chi connectivity index (χ1v) is 13.8. The van der Waals surface area contributed by atoms with E-state index in [0.29, 0.717) is 18.8 Å². The van der Waals surface area contributed by atoms with Crippen molar-refractivity contribution in [2.75, 3.05) is 6.54 Å². The number of hydrogen-bond acceptors (Lipinski definition) is 3. The second kappa shape index (κ2) is 10.9. The van der Waals surface area contributed by atoms with E-state index in [0.717, 1.165) is 56.2 Å². The molecule has 37 heavy (non-hydrogen) atoms. The summed E-state index contributed by atoms with van der Waals surface area (Å²) in [6, 6.07) is 20.7. The molecule has 1 aliphatic carbocycles. The van der Waals surface area contributed by atoms with Gasteiger partial charge in [0.05, 0.1) is 12.2 Å². The molecule has 3 aromatic rings. The molecule has 6 nitrogen and oxygen atoms in total. The zero-order valence-electron chi connectivity index (χ0n) is 22.1. The molecule has 0 unspecified atom stereocenters. The maximum absolute atomic E-state index is 13.9. The number of carbonyl (C=O) groups is 2. The summed E-state index contributed by atoms with van der Waals surface area (Å²) in [5.74, 6) is -0.188. The van der Waals surface area contributed by atoms with Gasteiger partial charge >= 0.3 is 0 Å². The van der Waals surface area contributed by atoms with Crippen LogP contribution in [0.3, 0.4) is 0 Å². The molecule has 6 heteroatoms. The minimum atomic E-state index is -0.992. The third kappa shape index (κ3) is 5.34. The molecule has 2 aromatic carbocycles. The number of benzene rings is 2. The number of nitrogens with zero attached hydrogens (tertiary/aromatic N) is 3. The summed E-state index contributed by atoms with van der Waals surface area (Å²) in [5.41, 5.74) is 3.82. The van der Waals surface area contributed by atoms with Gasteiger partial charge in [0.25, 0.3) is 5.91 Å². The van der Waals surface area contributed by atoms with E-state index in [1.54, 1.807) is 9.58 Å². The van der Waals surface area contributed by atoms with E-state index < -0.39 is 5.54 Å². The van der Waals surface area contributed by atoms with Gasteiger partial charge in [0.1, 0.15) is 11.2 Å². The molecule has 1 saturated carbocycles. The van der Waals surface area contributed by atoms with Crippen LogP contribution in [0.25, 0.3) is 11.3 Å². The number of fused-ring (bicyclic) bond motifs is 1. The Balaban J connectivity index is 1.42. The lowest BCUT2D eigenvalue weighted by molar-refractivity contribution is -0.134. The van der Waals surface area contributed by atoms with Gasteiger partial charge in [-0.15, -0.1) is 0 Å². The first-order valence-electron chi connectivity index (χ1n) is 13.8. The number of aryl methyl sites for hydroxylation is 2. The second-order valence-electron chi connectivity index (χ2n) is 10.8. The molecule has 2 amide bonds. The van der Waals surface area contributed by atoms with Crippen LogP contribution in [-0.2, 0) is 24.2 Å². The summed E-state index contributed by atoms with van der Waals surface area (Å²) in [5, 5.41) is 8.10. The van der Waals surface area contributed by atoms with Gasteiger partial charge in [0, 0.05) is 18.2 Å². The number of nitrogens with one attached hydrogen (secondary N) is 1. The van der Waals surface area contributed by atoms with E-state index in [2.05, 4.69) is 48.6 Å². The third-order valence-electron chi connectivity index (χ3n) is 8.08. The number of aromatic nitrogens is 2. The number of hydrogen-bond donors (Lipinski definition) is 1. The molecule has 5 rings (SSSR count). The van der Waals surface area contributed by atoms with E-state index in [4.69, 9.17) is 5.10 Å². The molecule has 1 fully saturated rings. The maximum atomic E-state index is 13.9. The fraction of sp³-hybridized carbons (Fsp3) is 0.452. The summed E-state index contributed by atoms with van der Waals surface area (Å²) in [7, 11) is 0. The van der Waals surface area contributed by atoms with Gasteiger partial charge in [-0.3, -0.25) is 14.3 Å². The lowest BCUT2D eigenvalue weighted by Gasteiger charge is -2.44. The zero-order valence-corrected chi connectivity index (χ0v) is 22.1. The minimum absolute atomic E-state index is 0.0672. The van der Waals surface area contributed by atoms with Gasteiger partial charge in [0.15, 0.2) is 0 Å². The SMILES string of the molecule is CCc1ccc(-c2cc3n(n2)C[C@@](C)(C(=O)NC2CCCCC2)N(CCCc2ccccc2)C3=O)cc1. The van der Waals surface area contributed by atoms with Crippen molar-refractivity contribution in [3.05, 3.63) is 77.5 Å². The first kappa shape index (κ1) is 25.2. The highest BCUT2D eigenvalue weighted by atomic mass is 16.2. The highest BCUT2D eigenvalue weighted by Crippen LogP contribution is 2.31. The summed E-state index contributed by atoms with van der Waals surface area (Å²) in [6.45, 7) is 4.92. The normalized spacial score (nSPS) is 20.1. The highest BCUT2D eigenvalue weighted by Gasteiger charge is 2.48. The molecule has 1 aromatic heterocycles. The van der Waals surface area contributed by atoms with Crippen molar-refractivity contribution >= 4 is 11.8 Å². The molecule has 1 N–H and O–H groups in total.